The maximum atomic E-state index is 13.9. The quantitative estimate of drug-likeness (QED) is 0.0341. The van der Waals surface area contributed by atoms with Crippen molar-refractivity contribution in [2.24, 2.45) is 0 Å². The fourth-order valence-electron chi connectivity index (χ4n) is 11.7. The van der Waals surface area contributed by atoms with Gasteiger partial charge in [0.1, 0.15) is 16.1 Å². The second-order valence-electron chi connectivity index (χ2n) is 26.6. The molecule has 94 heavy (non-hydrogen) atoms. The molecule has 10 heteroatoms. The van der Waals surface area contributed by atoms with Gasteiger partial charge in [0.05, 0.1) is 11.1 Å². The summed E-state index contributed by atoms with van der Waals surface area (Å²) < 4.78 is 0. The number of rotatable bonds is 20. The van der Waals surface area contributed by atoms with Gasteiger partial charge in [0, 0.05) is 58.3 Å². The van der Waals surface area contributed by atoms with E-state index < -0.39 is 28.1 Å². The minimum absolute atomic E-state index is 0.205. The Bertz CT molecular complexity index is 4000. The van der Waals surface area contributed by atoms with Crippen LogP contribution in [0.15, 0.2) is 170 Å². The van der Waals surface area contributed by atoms with Crippen LogP contribution in [0, 0.1) is 46.6 Å². The fourth-order valence-corrected chi connectivity index (χ4v) is 12.7. The summed E-state index contributed by atoms with van der Waals surface area (Å²) in [5, 5.41) is 28.2. The molecule has 0 spiro atoms. The van der Waals surface area contributed by atoms with Crippen LogP contribution >= 0.6 is 0 Å². The van der Waals surface area contributed by atoms with Crippen molar-refractivity contribution in [2.45, 2.75) is 155 Å². The first-order chi connectivity index (χ1) is 45.2. The number of aromatic carboxylic acids is 2. The smallest absolute Gasteiger partial charge is 0.336 e. The lowest BCUT2D eigenvalue weighted by molar-refractivity contribution is 0.0687. The second kappa shape index (κ2) is 32.2. The summed E-state index contributed by atoms with van der Waals surface area (Å²) in [6.07, 6.45) is 13.8. The van der Waals surface area contributed by atoms with Crippen LogP contribution in [0.25, 0.3) is 66.8 Å². The number of hydrogen-bond donors (Lipinski definition) is 4. The zero-order chi connectivity index (χ0) is 66.8. The Morgan fingerprint density at radius 3 is 0.957 bits per heavy atom. The third-order valence-corrected chi connectivity index (χ3v) is 18.5. The predicted octanol–water partition coefficient (Wildman–Crippen LogP) is 19.7. The largest absolute Gasteiger partial charge is 0.478 e. The molecule has 0 aliphatic heterocycles. The summed E-state index contributed by atoms with van der Waals surface area (Å²) >= 11 is 0. The van der Waals surface area contributed by atoms with E-state index in [1.165, 1.54) is 12.8 Å². The first kappa shape index (κ1) is 68.7. The number of carbonyl (C=O) groups excluding carboxylic acids is 2. The third kappa shape index (κ3) is 19.0. The highest BCUT2D eigenvalue weighted by molar-refractivity contribution is 6.84. The topological polar surface area (TPSA) is 133 Å². The summed E-state index contributed by atoms with van der Waals surface area (Å²) in [6.45, 7) is 17.6. The Morgan fingerprint density at radius 1 is 0.383 bits per heavy atom. The van der Waals surface area contributed by atoms with Crippen molar-refractivity contribution in [1.29, 1.82) is 0 Å². The molecule has 1 fully saturated rings. The molecular formula is C84H86N2O6Si2. The highest BCUT2D eigenvalue weighted by Crippen LogP contribution is 2.38. The molecule has 0 radical (unpaired) electrons. The molecule has 0 saturated heterocycles. The molecule has 8 aromatic rings. The molecule has 476 valence electrons. The molecule has 8 nitrogen and oxygen atoms in total. The molecule has 8 aromatic carbocycles. The number of amides is 2. The fraction of sp³-hybridized carbons (Fsp3) is 0.286. The molecule has 0 bridgehead atoms. The Hall–Kier alpha value is -9.69. The summed E-state index contributed by atoms with van der Waals surface area (Å²) in [5.74, 6) is 17.5. The van der Waals surface area contributed by atoms with Crippen LogP contribution in [0.1, 0.15) is 167 Å². The third-order valence-electron chi connectivity index (χ3n) is 16.8. The van der Waals surface area contributed by atoms with Gasteiger partial charge >= 0.3 is 11.9 Å². The van der Waals surface area contributed by atoms with Gasteiger partial charge in [0.2, 0.25) is 0 Å². The van der Waals surface area contributed by atoms with Crippen LogP contribution in [0.4, 0.5) is 0 Å². The lowest BCUT2D eigenvalue weighted by atomic mass is 9.88. The summed E-state index contributed by atoms with van der Waals surface area (Å²) in [5.41, 5.74) is 20.6. The van der Waals surface area contributed by atoms with Crippen molar-refractivity contribution in [3.63, 3.8) is 0 Å². The molecule has 4 N–H and O–H groups in total. The molecule has 1 aliphatic carbocycles. The Balaban J connectivity index is 0.867. The maximum absolute atomic E-state index is 13.9. The molecular weight excluding hydrogens is 1190 g/mol. The zero-order valence-electron chi connectivity index (χ0n) is 55.7. The first-order valence-electron chi connectivity index (χ1n) is 33.3. The van der Waals surface area contributed by atoms with Gasteiger partial charge in [-0.2, -0.15) is 0 Å². The van der Waals surface area contributed by atoms with Crippen molar-refractivity contribution in [1.82, 2.24) is 10.6 Å². The molecule has 0 aromatic heterocycles. The normalized spacial score (nSPS) is 13.5. The lowest BCUT2D eigenvalue weighted by Crippen LogP contribution is -2.53. The standard InChI is InChI=1S/C84H86N2O6Si2/c1-9-11-13-15-17-19-23-61-55-73(67-31-27-59(28-32-67)51-53-93(3,4)5)79(83(89)90)75(57-61)69-43-35-63(36-44-69)65-39-47-71(48-40-65)81(87)85-77-25-21-22-26-78(77)86-82(88)72-49-41-66(42-50-72)64-37-45-70(46-38-64)76-58-62(24-20-18-16-14-12-10-2)56-74(80(76)84(91)92)68-33-29-60(30-34-68)52-54-94(6,7)8/h27-50,55-58,77-78H,9-18,21-22,25-26H2,1-8H3,(H,85,87)(H,86,88)(H,89,90)(H,91,92)/t77-,78-/m1/s1. The Labute approximate surface area is 559 Å². The van der Waals surface area contributed by atoms with E-state index in [0.29, 0.717) is 33.4 Å². The number of unbranched alkanes of at least 4 members (excludes halogenated alkanes) is 8. The van der Waals surface area contributed by atoms with E-state index >= 15 is 0 Å². The highest BCUT2D eigenvalue weighted by Gasteiger charge is 2.29. The van der Waals surface area contributed by atoms with Gasteiger partial charge in [-0.15, -0.1) is 11.1 Å². The van der Waals surface area contributed by atoms with Crippen LogP contribution in [-0.2, 0) is 0 Å². The zero-order valence-corrected chi connectivity index (χ0v) is 57.7. The Kier molecular flexibility index (Phi) is 23.6. The summed E-state index contributed by atoms with van der Waals surface area (Å²) in [4.78, 5) is 54.4. The SMILES string of the molecule is CCCCCCC#Cc1cc(-c2ccc(C#C[Si](C)(C)C)cc2)c(C(=O)O)c(-c2ccc(-c3ccc(C(=O)N[C@@H]4CCCC[C@H]4NC(=O)c4ccc(-c5ccc(-c6cc(C#CCCCCCC)cc(-c7ccc(C#C[Si](C)(C)C)cc7)c6C(=O)O)cc5)cc4)cc3)cc2)c1. The van der Waals surface area contributed by atoms with E-state index in [0.717, 1.165) is 144 Å². The predicted molar refractivity (Wildman–Crippen MR) is 392 cm³/mol. The second-order valence-corrected chi connectivity index (χ2v) is 36.1. The van der Waals surface area contributed by atoms with Crippen LogP contribution in [0.2, 0.25) is 39.3 Å². The number of carboxylic acid groups (broad SMARTS) is 2. The minimum Gasteiger partial charge on any atom is -0.478 e. The number of benzene rings is 8. The van der Waals surface area contributed by atoms with Crippen LogP contribution in [0.3, 0.4) is 0 Å². The van der Waals surface area contributed by atoms with E-state index in [1.807, 2.05) is 170 Å². The van der Waals surface area contributed by atoms with E-state index in [9.17, 15) is 29.4 Å². The molecule has 0 unspecified atom stereocenters. The van der Waals surface area contributed by atoms with Gasteiger partial charge in [0.15, 0.2) is 0 Å². The highest BCUT2D eigenvalue weighted by atomic mass is 28.3. The lowest BCUT2D eigenvalue weighted by Gasteiger charge is -2.33. The van der Waals surface area contributed by atoms with Gasteiger partial charge in [-0.05, 0) is 165 Å². The average Bonchev–Trinajstić information content (AvgIpc) is 0.786. The Morgan fingerprint density at radius 2 is 0.670 bits per heavy atom. The first-order valence-corrected chi connectivity index (χ1v) is 40.3. The maximum Gasteiger partial charge on any atom is 0.336 e. The van der Waals surface area contributed by atoms with Gasteiger partial charge in [0.25, 0.3) is 11.8 Å². The molecule has 2 amide bonds. The summed E-state index contributed by atoms with van der Waals surface area (Å²) in [6, 6.07) is 53.2. The van der Waals surface area contributed by atoms with Crippen LogP contribution in [-0.4, -0.2) is 62.2 Å². The molecule has 1 saturated carbocycles. The number of hydrogen-bond acceptors (Lipinski definition) is 4. The summed E-state index contributed by atoms with van der Waals surface area (Å²) in [7, 11) is -3.18. The number of carboxylic acids is 2. The molecule has 1 aliphatic rings. The number of carbonyl (C=O) groups is 4. The monoisotopic (exact) mass is 1270 g/mol. The van der Waals surface area contributed by atoms with Crippen LogP contribution in [0.5, 0.6) is 0 Å². The van der Waals surface area contributed by atoms with E-state index in [4.69, 9.17) is 0 Å². The number of nitrogens with one attached hydrogen (secondary N) is 2. The molecule has 0 heterocycles. The molecule has 2 atom stereocenters. The van der Waals surface area contributed by atoms with E-state index in [2.05, 4.69) is 110 Å². The minimum atomic E-state index is -1.59. The van der Waals surface area contributed by atoms with Crippen molar-refractivity contribution in [2.75, 3.05) is 0 Å². The van der Waals surface area contributed by atoms with Crippen molar-refractivity contribution in [3.8, 4) is 113 Å². The van der Waals surface area contributed by atoms with Gasteiger partial charge in [-0.3, -0.25) is 9.59 Å². The van der Waals surface area contributed by atoms with Crippen molar-refractivity contribution < 1.29 is 29.4 Å². The van der Waals surface area contributed by atoms with Gasteiger partial charge in [-0.25, -0.2) is 9.59 Å². The average molecular weight is 1280 g/mol. The van der Waals surface area contributed by atoms with Crippen LogP contribution < -0.4 is 10.6 Å². The van der Waals surface area contributed by atoms with E-state index in [1.54, 1.807) is 0 Å². The van der Waals surface area contributed by atoms with E-state index in [-0.39, 0.29) is 35.0 Å². The molecule has 9 rings (SSSR count). The van der Waals surface area contributed by atoms with Gasteiger partial charge in [-0.1, -0.05) is 237 Å². The van der Waals surface area contributed by atoms with Gasteiger partial charge < -0.3 is 20.8 Å². The van der Waals surface area contributed by atoms with Crippen molar-refractivity contribution >= 4 is 39.9 Å². The van der Waals surface area contributed by atoms with Crippen molar-refractivity contribution in [3.05, 3.63) is 214 Å².